The molecule has 3 heterocycles. The highest BCUT2D eigenvalue weighted by atomic mass is 16.6. The van der Waals surface area contributed by atoms with E-state index in [-0.39, 0.29) is 74.1 Å². The predicted octanol–water partition coefficient (Wildman–Crippen LogP) is 6.20. The van der Waals surface area contributed by atoms with Crippen molar-refractivity contribution < 1.29 is 67.7 Å². The van der Waals surface area contributed by atoms with Gasteiger partial charge < -0.3 is 48.6 Å². The van der Waals surface area contributed by atoms with E-state index in [1.165, 1.54) is 12.0 Å². The summed E-state index contributed by atoms with van der Waals surface area (Å²) in [7, 11) is 4.58. The number of piperidine rings is 1. The van der Waals surface area contributed by atoms with Crippen molar-refractivity contribution in [1.82, 2.24) is 4.90 Å². The van der Waals surface area contributed by atoms with Gasteiger partial charge in [-0.25, -0.2) is 4.79 Å². The van der Waals surface area contributed by atoms with Crippen LogP contribution in [0.25, 0.3) is 0 Å². The lowest BCUT2D eigenvalue weighted by molar-refractivity contribution is -0.265. The first-order valence-electron chi connectivity index (χ1n) is 25.0. The van der Waals surface area contributed by atoms with E-state index in [1.54, 1.807) is 41.1 Å². The van der Waals surface area contributed by atoms with E-state index >= 15 is 0 Å². The van der Waals surface area contributed by atoms with Gasteiger partial charge in [0.2, 0.25) is 5.79 Å². The molecule has 0 aromatic carbocycles. The minimum Gasteiger partial charge on any atom is -0.460 e. The van der Waals surface area contributed by atoms with E-state index in [1.807, 2.05) is 58.1 Å². The molecule has 0 unspecified atom stereocenters. The molecule has 0 radical (unpaired) electrons. The molecule has 68 heavy (non-hydrogen) atoms. The molecule has 3 N–H and O–H groups in total. The number of allylic oxidation sites excluding steroid dienone is 6. The normalized spacial score (nSPS) is 37.6. The molecule has 0 aromatic rings. The third-order valence-electron chi connectivity index (χ3n) is 14.9. The lowest BCUT2D eigenvalue weighted by Crippen LogP contribution is -2.61. The zero-order valence-electron chi connectivity index (χ0n) is 42.4. The van der Waals surface area contributed by atoms with E-state index in [9.17, 15) is 39.3 Å². The number of aliphatic hydroxyl groups is 3. The van der Waals surface area contributed by atoms with Crippen molar-refractivity contribution in [2.75, 3.05) is 41.1 Å². The van der Waals surface area contributed by atoms with Crippen LogP contribution in [0.4, 0.5) is 0 Å². The van der Waals surface area contributed by atoms with Gasteiger partial charge in [0.25, 0.3) is 11.7 Å². The Hall–Kier alpha value is -3.41. The van der Waals surface area contributed by atoms with Crippen molar-refractivity contribution in [2.24, 2.45) is 35.5 Å². The first kappa shape index (κ1) is 57.2. The molecule has 1 saturated carbocycles. The van der Waals surface area contributed by atoms with Crippen LogP contribution in [0.5, 0.6) is 0 Å². The Bertz CT molecular complexity index is 1810. The molecule has 4 aliphatic rings. The van der Waals surface area contributed by atoms with Crippen LogP contribution in [0, 0.1) is 35.5 Å². The van der Waals surface area contributed by atoms with E-state index in [2.05, 4.69) is 0 Å². The Morgan fingerprint density at radius 2 is 1.59 bits per heavy atom. The standard InChI is InChI=1S/C53H83NO14/c1-32-16-12-11-13-17-33(2)44(63-8)30-40-21-19-38(7)53(62,68-40)50(59)51(60)54-23-15-14-18-41(54)52(61)67-45(35(4)28-39-20-22-43(66-25-24-55)46(29-39)64-9)31-42(56)34(3)27-37(6)48(58)49(65-10)47(57)36(5)26-32/h11-13,16-17,27,32,34-36,38-41,43-46,48-49,55,58,62H,14-15,18-26,28-31H2,1-10H3/b13-11+,16-12+,33-17?,37-27?/t32-,34-,35-,36-,38-,39+,40+,41+,43-,44+,45+,46-,48-,49+,53-/m1/s1. The zero-order chi connectivity index (χ0) is 50.3. The van der Waals surface area contributed by atoms with Crippen molar-refractivity contribution in [1.29, 1.82) is 0 Å². The maximum atomic E-state index is 14.5. The Kier molecular flexibility index (Phi) is 22.9. The van der Waals surface area contributed by atoms with Crippen molar-refractivity contribution in [3.8, 4) is 0 Å². The number of carbonyl (C=O) groups excluding carboxylic acids is 5. The number of hydrogen-bond donors (Lipinski definition) is 3. The van der Waals surface area contributed by atoms with Crippen LogP contribution in [0.15, 0.2) is 47.6 Å². The molecule has 3 aliphatic heterocycles. The molecule has 15 nitrogen and oxygen atoms in total. The smallest absolute Gasteiger partial charge is 0.329 e. The molecule has 0 aromatic heterocycles. The number of aliphatic hydroxyl groups excluding tert-OH is 2. The molecule has 3 fully saturated rings. The van der Waals surface area contributed by atoms with Gasteiger partial charge in [-0.15, -0.1) is 0 Å². The molecule has 4 rings (SSSR count). The van der Waals surface area contributed by atoms with Crippen LogP contribution in [0.1, 0.15) is 126 Å². The molecule has 2 saturated heterocycles. The summed E-state index contributed by atoms with van der Waals surface area (Å²) in [5, 5.41) is 32.8. The highest BCUT2D eigenvalue weighted by Gasteiger charge is 2.53. The number of carbonyl (C=O) groups is 5. The molecule has 384 valence electrons. The Labute approximate surface area is 405 Å². The highest BCUT2D eigenvalue weighted by molar-refractivity contribution is 6.39. The van der Waals surface area contributed by atoms with E-state index in [0.29, 0.717) is 63.4 Å². The van der Waals surface area contributed by atoms with E-state index < -0.39 is 77.8 Å². The van der Waals surface area contributed by atoms with Gasteiger partial charge >= 0.3 is 5.97 Å². The van der Waals surface area contributed by atoms with Gasteiger partial charge in [-0.1, -0.05) is 71.1 Å². The van der Waals surface area contributed by atoms with Gasteiger partial charge in [0.05, 0.1) is 37.6 Å². The number of Topliss-reactive ketones (excluding diaryl/α,β-unsaturated/α-hetero) is 3. The minimum absolute atomic E-state index is 0.0158. The summed E-state index contributed by atoms with van der Waals surface area (Å²) in [5.74, 6) is -7.96. The van der Waals surface area contributed by atoms with Crippen molar-refractivity contribution in [2.45, 2.75) is 180 Å². The number of cyclic esters (lactones) is 1. The average molecular weight is 958 g/mol. The van der Waals surface area contributed by atoms with Crippen LogP contribution < -0.4 is 0 Å². The maximum absolute atomic E-state index is 14.5. The van der Waals surface area contributed by atoms with Crippen LogP contribution in [-0.2, 0) is 52.4 Å². The highest BCUT2D eigenvalue weighted by Crippen LogP contribution is 2.38. The summed E-state index contributed by atoms with van der Waals surface area (Å²) in [5.41, 5.74) is 1.26. The Morgan fingerprint density at radius 1 is 0.853 bits per heavy atom. The van der Waals surface area contributed by atoms with Gasteiger partial charge in [-0.3, -0.25) is 19.2 Å². The van der Waals surface area contributed by atoms with Gasteiger partial charge in [-0.2, -0.15) is 0 Å². The van der Waals surface area contributed by atoms with E-state index in [4.69, 9.17) is 28.4 Å². The monoisotopic (exact) mass is 958 g/mol. The fraction of sp³-hybridized carbons (Fsp3) is 0.755. The number of ketones is 3. The topological polar surface area (TPSA) is 205 Å². The first-order valence-corrected chi connectivity index (χ1v) is 25.0. The summed E-state index contributed by atoms with van der Waals surface area (Å²) in [6.45, 7) is 12.9. The third-order valence-corrected chi connectivity index (χ3v) is 14.9. The van der Waals surface area contributed by atoms with Crippen LogP contribution in [0.3, 0.4) is 0 Å². The number of fused-ring (bicyclic) bond motifs is 3. The van der Waals surface area contributed by atoms with Crippen molar-refractivity contribution in [3.05, 3.63) is 47.6 Å². The number of esters is 1. The fourth-order valence-corrected chi connectivity index (χ4v) is 10.5. The van der Waals surface area contributed by atoms with Crippen molar-refractivity contribution in [3.63, 3.8) is 0 Å². The second kappa shape index (κ2) is 27.3. The summed E-state index contributed by atoms with van der Waals surface area (Å²) in [6, 6.07) is -1.14. The lowest BCUT2D eigenvalue weighted by atomic mass is 9.78. The molecule has 1 aliphatic carbocycles. The van der Waals surface area contributed by atoms with Crippen molar-refractivity contribution >= 4 is 29.2 Å². The van der Waals surface area contributed by atoms with Crippen LogP contribution >= 0.6 is 0 Å². The lowest BCUT2D eigenvalue weighted by Gasteiger charge is -2.42. The number of ether oxygens (including phenoxy) is 6. The van der Waals surface area contributed by atoms with Gasteiger partial charge in [0.15, 0.2) is 5.78 Å². The molecule has 1 amide bonds. The molecular weight excluding hydrogens is 875 g/mol. The molecule has 2 bridgehead atoms. The maximum Gasteiger partial charge on any atom is 0.329 e. The summed E-state index contributed by atoms with van der Waals surface area (Å²) in [4.78, 5) is 72.1. The summed E-state index contributed by atoms with van der Waals surface area (Å²) < 4.78 is 35.6. The third kappa shape index (κ3) is 15.3. The van der Waals surface area contributed by atoms with E-state index in [0.717, 1.165) is 12.0 Å². The summed E-state index contributed by atoms with van der Waals surface area (Å²) >= 11 is 0. The van der Waals surface area contributed by atoms with Crippen LogP contribution in [-0.4, -0.2) is 145 Å². The van der Waals surface area contributed by atoms with Gasteiger partial charge in [0, 0.05) is 58.5 Å². The number of methoxy groups -OCH3 is 3. The average Bonchev–Trinajstić information content (AvgIpc) is 3.32. The number of rotatable bonds is 9. The molecule has 15 heteroatoms. The number of amides is 1. The van der Waals surface area contributed by atoms with Gasteiger partial charge in [-0.05, 0) is 107 Å². The van der Waals surface area contributed by atoms with Crippen LogP contribution in [0.2, 0.25) is 0 Å². The first-order chi connectivity index (χ1) is 32.3. The second-order valence-electron chi connectivity index (χ2n) is 20.2. The fourth-order valence-electron chi connectivity index (χ4n) is 10.5. The molecule has 15 atom stereocenters. The Morgan fingerprint density at radius 3 is 2.26 bits per heavy atom. The quantitative estimate of drug-likeness (QED) is 0.134. The second-order valence-corrected chi connectivity index (χ2v) is 20.2. The predicted molar refractivity (Wildman–Crippen MR) is 256 cm³/mol. The molecule has 0 spiro atoms. The zero-order valence-corrected chi connectivity index (χ0v) is 42.4. The summed E-state index contributed by atoms with van der Waals surface area (Å²) in [6.07, 6.45) is 12.0. The Balaban J connectivity index is 1.70. The minimum atomic E-state index is -2.43. The van der Waals surface area contributed by atoms with Gasteiger partial charge in [0.1, 0.15) is 30.1 Å². The SMILES string of the molecule is CO[C@H]1C[C@@H]2CC[C@@H](C)[C@@](O)(O2)C(=O)C(=O)N2CCCC[C@H]2C(=O)O[C@H]([C@H](C)C[C@@H]2CC[C@@H](OCCO)[C@H](OC)C2)CC(=O)[C@H](C)C=C(C)[C@@H](O)[C@@H](OC)C(=O)[C@H](C)C[C@H](C)/C=C/C=C/C=C1C. The molecular formula is C53H83NO14. The number of hydrogen-bond acceptors (Lipinski definition) is 14. The largest absolute Gasteiger partial charge is 0.460 e. The number of nitrogens with zero attached hydrogens (tertiary/aromatic N) is 1.